The molecule has 102 valence electrons. The van der Waals surface area contributed by atoms with E-state index in [-0.39, 0.29) is 11.9 Å². The number of hydrogen-bond acceptors (Lipinski definition) is 2. The summed E-state index contributed by atoms with van der Waals surface area (Å²) in [6, 6.07) is 4.47. The molecular weight excluding hydrogens is 309 g/mol. The molecule has 0 amide bonds. The van der Waals surface area contributed by atoms with Crippen molar-refractivity contribution >= 4 is 15.9 Å². The van der Waals surface area contributed by atoms with Gasteiger partial charge >= 0.3 is 0 Å². The topological polar surface area (TPSA) is 43.8 Å². The average molecular weight is 326 g/mol. The molecule has 0 bridgehead atoms. The molecule has 5 heteroatoms. The number of nitrogens with zero attached hydrogens (tertiary/aromatic N) is 2. The van der Waals surface area contributed by atoms with Crippen LogP contribution >= 0.6 is 15.9 Å². The summed E-state index contributed by atoms with van der Waals surface area (Å²) in [4.78, 5) is 0. The van der Waals surface area contributed by atoms with Gasteiger partial charge in [-0.3, -0.25) is 4.68 Å². The average Bonchev–Trinajstić information content (AvgIpc) is 2.58. The Labute approximate surface area is 120 Å². The van der Waals surface area contributed by atoms with Crippen LogP contribution in [0.3, 0.4) is 0 Å². The third kappa shape index (κ3) is 2.87. The summed E-state index contributed by atoms with van der Waals surface area (Å²) >= 11 is 3.43. The third-order valence-corrected chi connectivity index (χ3v) is 4.16. The van der Waals surface area contributed by atoms with E-state index in [1.54, 1.807) is 6.07 Å². The fraction of sp³-hybridized carbons (Fsp3) is 0.357. The lowest BCUT2D eigenvalue weighted by Gasteiger charge is -2.14. The summed E-state index contributed by atoms with van der Waals surface area (Å²) in [5, 5.41) is 4.36. The number of hydrogen-bond donors (Lipinski definition) is 1. The van der Waals surface area contributed by atoms with Crippen LogP contribution in [0.5, 0.6) is 0 Å². The lowest BCUT2D eigenvalue weighted by Crippen LogP contribution is -2.15. The van der Waals surface area contributed by atoms with Crippen LogP contribution in [0, 0.1) is 19.7 Å². The van der Waals surface area contributed by atoms with Gasteiger partial charge in [0.25, 0.3) is 0 Å². The first-order valence-corrected chi connectivity index (χ1v) is 6.89. The van der Waals surface area contributed by atoms with Gasteiger partial charge < -0.3 is 5.73 Å². The Morgan fingerprint density at radius 1 is 1.42 bits per heavy atom. The minimum atomic E-state index is -0.245. The van der Waals surface area contributed by atoms with E-state index < -0.39 is 0 Å². The summed E-state index contributed by atoms with van der Waals surface area (Å²) in [6.07, 6.45) is 0.575. The van der Waals surface area contributed by atoms with Crippen molar-refractivity contribution in [3.05, 3.63) is 51.0 Å². The molecule has 0 aliphatic heterocycles. The number of nitrogens with two attached hydrogens (primary N) is 1. The summed E-state index contributed by atoms with van der Waals surface area (Å²) in [5.41, 5.74) is 10.2. The van der Waals surface area contributed by atoms with Gasteiger partial charge in [-0.15, -0.1) is 0 Å². The summed E-state index contributed by atoms with van der Waals surface area (Å²) in [6.45, 7) is 3.94. The highest BCUT2D eigenvalue weighted by atomic mass is 79.9. The number of rotatable bonds is 3. The summed E-state index contributed by atoms with van der Waals surface area (Å²) < 4.78 is 16.0. The second kappa shape index (κ2) is 5.43. The predicted octanol–water partition coefficient (Wildman–Crippen LogP) is 3.18. The molecule has 2 N–H and O–H groups in total. The molecule has 0 radical (unpaired) electrons. The molecule has 0 aliphatic rings. The van der Waals surface area contributed by atoms with Crippen LogP contribution in [-0.4, -0.2) is 9.78 Å². The molecule has 1 heterocycles. The molecule has 0 spiro atoms. The smallest absolute Gasteiger partial charge is 0.123 e. The van der Waals surface area contributed by atoms with Crippen molar-refractivity contribution in [1.82, 2.24) is 9.78 Å². The minimum Gasteiger partial charge on any atom is -0.324 e. The van der Waals surface area contributed by atoms with Crippen LogP contribution < -0.4 is 5.73 Å². The van der Waals surface area contributed by atoms with Crippen LogP contribution in [0.15, 0.2) is 22.7 Å². The number of benzene rings is 1. The molecule has 0 aliphatic carbocycles. The molecule has 0 fully saturated rings. The van der Waals surface area contributed by atoms with Crippen molar-refractivity contribution in [1.29, 1.82) is 0 Å². The van der Waals surface area contributed by atoms with Crippen LogP contribution in [0.25, 0.3) is 0 Å². The van der Waals surface area contributed by atoms with E-state index in [0.29, 0.717) is 6.42 Å². The van der Waals surface area contributed by atoms with E-state index in [1.165, 1.54) is 12.1 Å². The molecule has 1 aromatic heterocycles. The highest BCUT2D eigenvalue weighted by molar-refractivity contribution is 9.10. The van der Waals surface area contributed by atoms with Gasteiger partial charge in [0.15, 0.2) is 0 Å². The first-order valence-electron chi connectivity index (χ1n) is 6.09. The summed E-state index contributed by atoms with van der Waals surface area (Å²) in [7, 11) is 1.90. The Hall–Kier alpha value is -1.20. The van der Waals surface area contributed by atoms with Gasteiger partial charge in [-0.05, 0) is 44.0 Å². The van der Waals surface area contributed by atoms with Crippen LogP contribution in [0.1, 0.15) is 28.6 Å². The fourth-order valence-corrected chi connectivity index (χ4v) is 2.77. The molecular formula is C14H17BrFN3. The van der Waals surface area contributed by atoms with Gasteiger partial charge in [-0.2, -0.15) is 5.10 Å². The maximum atomic E-state index is 13.3. The highest BCUT2D eigenvalue weighted by Gasteiger charge is 2.18. The van der Waals surface area contributed by atoms with E-state index in [0.717, 1.165) is 27.0 Å². The molecule has 0 saturated heterocycles. The van der Waals surface area contributed by atoms with Crippen molar-refractivity contribution in [3.8, 4) is 0 Å². The van der Waals surface area contributed by atoms with Crippen LogP contribution in [0.4, 0.5) is 4.39 Å². The Kier molecular flexibility index (Phi) is 4.06. The number of halogens is 2. The van der Waals surface area contributed by atoms with Crippen molar-refractivity contribution in [2.45, 2.75) is 26.3 Å². The lowest BCUT2D eigenvalue weighted by molar-refractivity contribution is 0.620. The van der Waals surface area contributed by atoms with Crippen molar-refractivity contribution in [3.63, 3.8) is 0 Å². The maximum Gasteiger partial charge on any atom is 0.123 e. The molecule has 1 unspecified atom stereocenters. The van der Waals surface area contributed by atoms with Gasteiger partial charge in [0, 0.05) is 28.8 Å². The zero-order valence-electron chi connectivity index (χ0n) is 11.2. The Balaban J connectivity index is 2.30. The number of aryl methyl sites for hydroxylation is 2. The van der Waals surface area contributed by atoms with Crippen molar-refractivity contribution < 1.29 is 4.39 Å². The van der Waals surface area contributed by atoms with Crippen LogP contribution in [0.2, 0.25) is 0 Å². The second-order valence-electron chi connectivity index (χ2n) is 4.75. The van der Waals surface area contributed by atoms with E-state index in [4.69, 9.17) is 5.73 Å². The molecule has 19 heavy (non-hydrogen) atoms. The monoisotopic (exact) mass is 325 g/mol. The Morgan fingerprint density at radius 2 is 2.11 bits per heavy atom. The van der Waals surface area contributed by atoms with Gasteiger partial charge in [-0.25, -0.2) is 4.39 Å². The third-order valence-electron chi connectivity index (χ3n) is 3.38. The Morgan fingerprint density at radius 3 is 2.68 bits per heavy atom. The largest absolute Gasteiger partial charge is 0.324 e. The normalized spacial score (nSPS) is 12.7. The zero-order valence-corrected chi connectivity index (χ0v) is 12.8. The molecule has 1 atom stereocenters. The van der Waals surface area contributed by atoms with E-state index in [1.807, 2.05) is 25.6 Å². The van der Waals surface area contributed by atoms with Gasteiger partial charge in [0.2, 0.25) is 0 Å². The molecule has 2 rings (SSSR count). The summed E-state index contributed by atoms with van der Waals surface area (Å²) in [5.74, 6) is -0.245. The SMILES string of the molecule is Cc1nn(C)c(C)c1C(N)Cc1cc(F)ccc1Br. The van der Waals surface area contributed by atoms with Crippen LogP contribution in [-0.2, 0) is 13.5 Å². The van der Waals surface area contributed by atoms with E-state index in [9.17, 15) is 4.39 Å². The van der Waals surface area contributed by atoms with E-state index >= 15 is 0 Å². The van der Waals surface area contributed by atoms with Gasteiger partial charge in [0.05, 0.1) is 5.69 Å². The highest BCUT2D eigenvalue weighted by Crippen LogP contribution is 2.26. The molecule has 2 aromatic rings. The second-order valence-corrected chi connectivity index (χ2v) is 5.61. The van der Waals surface area contributed by atoms with Crippen molar-refractivity contribution in [2.75, 3.05) is 0 Å². The molecule has 0 saturated carbocycles. The predicted molar refractivity (Wildman–Crippen MR) is 77.4 cm³/mol. The Bertz CT molecular complexity index is 607. The quantitative estimate of drug-likeness (QED) is 0.941. The van der Waals surface area contributed by atoms with Crippen molar-refractivity contribution in [2.24, 2.45) is 12.8 Å². The first-order chi connectivity index (χ1) is 8.90. The lowest BCUT2D eigenvalue weighted by atomic mass is 9.98. The standard InChI is InChI=1S/C14H17BrFN3/c1-8-14(9(2)19(3)18-8)13(17)7-10-6-11(16)4-5-12(10)15/h4-6,13H,7,17H2,1-3H3. The van der Waals surface area contributed by atoms with Gasteiger partial charge in [-0.1, -0.05) is 15.9 Å². The van der Waals surface area contributed by atoms with E-state index in [2.05, 4.69) is 21.0 Å². The number of aromatic nitrogens is 2. The fourth-order valence-electron chi connectivity index (χ4n) is 2.37. The molecule has 3 nitrogen and oxygen atoms in total. The van der Waals surface area contributed by atoms with Gasteiger partial charge in [0.1, 0.15) is 5.82 Å². The maximum absolute atomic E-state index is 13.3. The minimum absolute atomic E-state index is 0.188. The zero-order chi connectivity index (χ0) is 14.2. The first kappa shape index (κ1) is 14.2. The molecule has 1 aromatic carbocycles.